The lowest BCUT2D eigenvalue weighted by Crippen LogP contribution is -2.33. The molecule has 216 valence electrons. The zero-order chi connectivity index (χ0) is 28.3. The summed E-state index contributed by atoms with van der Waals surface area (Å²) in [7, 11) is 3.09. The standard InChI is InChI=1S/C15H21NO3.C8H8O3.C7H14ClN/c1-18-14-5-6-15(13(11-14)12-17)19-10-9-16-7-3-2-4-8-16;1-11-7-2-3-8(10)6(4-7)5-9;8-4-7-9-5-2-1-3-6-9/h5-6,11-12H,2-4,7-10H2,1H3;2-5,10H,1H3;1-7H2. The number of halogens is 1. The molecule has 0 unspecified atom stereocenters. The van der Waals surface area contributed by atoms with Gasteiger partial charge in [-0.05, 0) is 88.3 Å². The van der Waals surface area contributed by atoms with Crippen LogP contribution in [0, 0.1) is 0 Å². The van der Waals surface area contributed by atoms with Gasteiger partial charge >= 0.3 is 0 Å². The maximum atomic E-state index is 11.0. The Morgan fingerprint density at radius 3 is 1.79 bits per heavy atom. The number of likely N-dealkylation sites (tertiary alicyclic amines) is 2. The van der Waals surface area contributed by atoms with Crippen LogP contribution < -0.4 is 14.2 Å². The van der Waals surface area contributed by atoms with E-state index in [1.807, 2.05) is 6.07 Å². The van der Waals surface area contributed by atoms with Crippen molar-refractivity contribution < 1.29 is 28.9 Å². The van der Waals surface area contributed by atoms with Crippen molar-refractivity contribution in [1.82, 2.24) is 9.80 Å². The third-order valence-corrected chi connectivity index (χ3v) is 6.84. The fourth-order valence-electron chi connectivity index (χ4n) is 4.40. The van der Waals surface area contributed by atoms with Crippen LogP contribution >= 0.6 is 11.6 Å². The van der Waals surface area contributed by atoms with Crippen molar-refractivity contribution >= 4 is 24.2 Å². The molecule has 0 bridgehead atoms. The number of ether oxygens (including phenoxy) is 3. The first-order valence-electron chi connectivity index (χ1n) is 13.6. The molecule has 2 heterocycles. The Labute approximate surface area is 237 Å². The Morgan fingerprint density at radius 1 is 0.769 bits per heavy atom. The first-order valence-corrected chi connectivity index (χ1v) is 14.2. The van der Waals surface area contributed by atoms with E-state index in [2.05, 4.69) is 9.80 Å². The average molecular weight is 563 g/mol. The van der Waals surface area contributed by atoms with Crippen LogP contribution in [0.4, 0.5) is 0 Å². The molecule has 0 spiro atoms. The minimum Gasteiger partial charge on any atom is -0.507 e. The number of phenols is 1. The predicted octanol–water partition coefficient (Wildman–Crippen LogP) is 5.30. The summed E-state index contributed by atoms with van der Waals surface area (Å²) < 4.78 is 15.6. The van der Waals surface area contributed by atoms with E-state index in [-0.39, 0.29) is 11.3 Å². The summed E-state index contributed by atoms with van der Waals surface area (Å²) in [4.78, 5) is 26.1. The molecule has 2 aromatic rings. The molecular weight excluding hydrogens is 520 g/mol. The van der Waals surface area contributed by atoms with Gasteiger partial charge < -0.3 is 24.2 Å². The van der Waals surface area contributed by atoms with Crippen LogP contribution in [0.25, 0.3) is 0 Å². The highest BCUT2D eigenvalue weighted by molar-refractivity contribution is 6.18. The summed E-state index contributed by atoms with van der Waals surface area (Å²) >= 11 is 5.59. The maximum absolute atomic E-state index is 11.0. The summed E-state index contributed by atoms with van der Waals surface area (Å²) in [5.41, 5.74) is 0.780. The van der Waals surface area contributed by atoms with Crippen LogP contribution in [0.5, 0.6) is 23.0 Å². The predicted molar refractivity (Wildman–Crippen MR) is 155 cm³/mol. The van der Waals surface area contributed by atoms with E-state index in [9.17, 15) is 9.59 Å². The molecule has 1 N–H and O–H groups in total. The van der Waals surface area contributed by atoms with Crippen molar-refractivity contribution in [2.24, 2.45) is 0 Å². The highest BCUT2D eigenvalue weighted by Gasteiger charge is 2.11. The number of carbonyl (C=O) groups excluding carboxylic acids is 2. The topological polar surface area (TPSA) is 88.5 Å². The number of rotatable bonds is 10. The van der Waals surface area contributed by atoms with Gasteiger partial charge in [-0.25, -0.2) is 0 Å². The monoisotopic (exact) mass is 562 g/mol. The molecule has 0 radical (unpaired) electrons. The van der Waals surface area contributed by atoms with Gasteiger partial charge in [0, 0.05) is 19.0 Å². The van der Waals surface area contributed by atoms with Gasteiger partial charge in [-0.15, -0.1) is 11.6 Å². The number of carbonyl (C=O) groups is 2. The molecule has 0 saturated carbocycles. The van der Waals surface area contributed by atoms with Crippen LogP contribution in [0.3, 0.4) is 0 Å². The van der Waals surface area contributed by atoms with Crippen LogP contribution in [-0.4, -0.2) is 93.5 Å². The molecular formula is C30H43ClN2O6. The lowest BCUT2D eigenvalue weighted by atomic mass is 10.1. The largest absolute Gasteiger partial charge is 0.507 e. The van der Waals surface area contributed by atoms with Crippen molar-refractivity contribution in [3.8, 4) is 23.0 Å². The van der Waals surface area contributed by atoms with Crippen LogP contribution in [-0.2, 0) is 0 Å². The zero-order valence-electron chi connectivity index (χ0n) is 23.3. The molecule has 0 aromatic heterocycles. The molecule has 0 atom stereocenters. The summed E-state index contributed by atoms with van der Waals surface area (Å²) in [6.45, 7) is 7.48. The number of phenolic OH excluding ortho intramolecular Hbond substituents is 1. The summed E-state index contributed by atoms with van der Waals surface area (Å²) in [6, 6.07) is 9.78. The minimum atomic E-state index is -0.0270. The molecule has 39 heavy (non-hydrogen) atoms. The third-order valence-electron chi connectivity index (χ3n) is 6.67. The quantitative estimate of drug-likeness (QED) is 0.308. The molecule has 2 saturated heterocycles. The molecule has 0 aliphatic carbocycles. The number of methoxy groups -OCH3 is 2. The van der Waals surface area contributed by atoms with E-state index in [1.54, 1.807) is 25.3 Å². The number of hydrogen-bond acceptors (Lipinski definition) is 8. The number of nitrogens with zero attached hydrogens (tertiary/aromatic N) is 2. The molecule has 2 aliphatic rings. The number of hydrogen-bond donors (Lipinski definition) is 1. The maximum Gasteiger partial charge on any atom is 0.153 e. The Hall–Kier alpha value is -2.81. The molecule has 8 nitrogen and oxygen atoms in total. The molecule has 9 heteroatoms. The lowest BCUT2D eigenvalue weighted by molar-refractivity contribution is 0.111. The number of alkyl halides is 1. The normalized spacial score (nSPS) is 15.6. The average Bonchev–Trinajstić information content (AvgIpc) is 2.99. The SMILES string of the molecule is COc1ccc(O)c(C=O)c1.COc1ccc(OCCN2CCCCC2)c(C=O)c1.ClCCN1CCCCC1. The lowest BCUT2D eigenvalue weighted by Gasteiger charge is -2.26. The summed E-state index contributed by atoms with van der Waals surface area (Å²) in [5, 5.41) is 9.04. The first-order chi connectivity index (χ1) is 19.0. The van der Waals surface area contributed by atoms with Crippen molar-refractivity contribution in [2.75, 3.05) is 66.0 Å². The van der Waals surface area contributed by atoms with E-state index in [1.165, 1.54) is 70.9 Å². The third kappa shape index (κ3) is 12.3. The Kier molecular flexibility index (Phi) is 16.0. The Morgan fingerprint density at radius 2 is 1.28 bits per heavy atom. The zero-order valence-corrected chi connectivity index (χ0v) is 24.0. The highest BCUT2D eigenvalue weighted by atomic mass is 35.5. The van der Waals surface area contributed by atoms with Crippen LogP contribution in [0.1, 0.15) is 59.2 Å². The number of piperidine rings is 2. The van der Waals surface area contributed by atoms with E-state index in [4.69, 9.17) is 30.9 Å². The van der Waals surface area contributed by atoms with Gasteiger partial charge in [-0.1, -0.05) is 12.8 Å². The summed E-state index contributed by atoms with van der Waals surface area (Å²) in [6.07, 6.45) is 9.44. The molecule has 2 aliphatic heterocycles. The smallest absolute Gasteiger partial charge is 0.153 e. The second-order valence-corrected chi connectivity index (χ2v) is 9.78. The van der Waals surface area contributed by atoms with E-state index in [0.717, 1.165) is 38.3 Å². The first kappa shape index (κ1) is 32.4. The van der Waals surface area contributed by atoms with Gasteiger partial charge in [0.1, 0.15) is 29.6 Å². The minimum absolute atomic E-state index is 0.0270. The molecule has 2 fully saturated rings. The Bertz CT molecular complexity index is 975. The van der Waals surface area contributed by atoms with E-state index in [0.29, 0.717) is 35.7 Å². The van der Waals surface area contributed by atoms with Crippen molar-refractivity contribution in [3.63, 3.8) is 0 Å². The van der Waals surface area contributed by atoms with Crippen molar-refractivity contribution in [1.29, 1.82) is 0 Å². The van der Waals surface area contributed by atoms with Crippen LogP contribution in [0.2, 0.25) is 0 Å². The number of aldehydes is 2. The highest BCUT2D eigenvalue weighted by Crippen LogP contribution is 2.23. The molecule has 4 rings (SSSR count). The van der Waals surface area contributed by atoms with Gasteiger partial charge in [0.2, 0.25) is 0 Å². The van der Waals surface area contributed by atoms with E-state index >= 15 is 0 Å². The van der Waals surface area contributed by atoms with Gasteiger partial charge in [0.15, 0.2) is 12.6 Å². The van der Waals surface area contributed by atoms with Crippen molar-refractivity contribution in [3.05, 3.63) is 47.5 Å². The van der Waals surface area contributed by atoms with Gasteiger partial charge in [0.25, 0.3) is 0 Å². The fraction of sp³-hybridized carbons (Fsp3) is 0.533. The molecule has 2 aromatic carbocycles. The van der Waals surface area contributed by atoms with Crippen LogP contribution in [0.15, 0.2) is 36.4 Å². The second kappa shape index (κ2) is 19.3. The Balaban J connectivity index is 0.000000226. The number of aromatic hydroxyl groups is 1. The summed E-state index contributed by atoms with van der Waals surface area (Å²) in [5.74, 6) is 2.63. The van der Waals surface area contributed by atoms with Gasteiger partial charge in [-0.2, -0.15) is 0 Å². The number of benzene rings is 2. The molecule has 0 amide bonds. The van der Waals surface area contributed by atoms with E-state index < -0.39 is 0 Å². The van der Waals surface area contributed by atoms with Gasteiger partial charge in [0.05, 0.1) is 25.3 Å². The van der Waals surface area contributed by atoms with Crippen molar-refractivity contribution in [2.45, 2.75) is 38.5 Å². The van der Waals surface area contributed by atoms with Gasteiger partial charge in [-0.3, -0.25) is 14.5 Å². The fourth-order valence-corrected chi connectivity index (χ4v) is 4.64. The second-order valence-electron chi connectivity index (χ2n) is 9.41.